The molecule has 176 valence electrons. The van der Waals surface area contributed by atoms with Crippen molar-refractivity contribution in [3.8, 4) is 0 Å². The minimum absolute atomic E-state index is 0.0977. The maximum atomic E-state index is 12.8. The lowest BCUT2D eigenvalue weighted by molar-refractivity contribution is -0.133. The summed E-state index contributed by atoms with van der Waals surface area (Å²) in [5, 5.41) is 12.8. The van der Waals surface area contributed by atoms with Gasteiger partial charge in [-0.25, -0.2) is 12.7 Å². The fraction of sp³-hybridized carbons (Fsp3) is 0.714. The van der Waals surface area contributed by atoms with Gasteiger partial charge < -0.3 is 9.47 Å². The number of aromatic nitrogens is 5. The normalized spacial score (nSPS) is 18.3. The van der Waals surface area contributed by atoms with E-state index < -0.39 is 15.3 Å². The lowest BCUT2D eigenvalue weighted by Crippen LogP contribution is -2.42. The van der Waals surface area contributed by atoms with E-state index in [0.29, 0.717) is 45.7 Å². The highest BCUT2D eigenvalue weighted by Crippen LogP contribution is 2.30. The summed E-state index contributed by atoms with van der Waals surface area (Å²) in [7, 11) is -3.21. The lowest BCUT2D eigenvalue weighted by atomic mass is 9.97. The fourth-order valence-corrected chi connectivity index (χ4v) is 5.94. The van der Waals surface area contributed by atoms with E-state index in [9.17, 15) is 13.2 Å². The summed E-state index contributed by atoms with van der Waals surface area (Å²) in [6.45, 7) is 10.8. The van der Waals surface area contributed by atoms with E-state index in [-0.39, 0.29) is 11.8 Å². The molecule has 10 nitrogen and oxygen atoms in total. The highest BCUT2D eigenvalue weighted by Gasteiger charge is 2.34. The Morgan fingerprint density at radius 3 is 2.47 bits per heavy atom. The first-order chi connectivity index (χ1) is 15.2. The van der Waals surface area contributed by atoms with Crippen molar-refractivity contribution in [1.29, 1.82) is 0 Å². The molecule has 32 heavy (non-hydrogen) atoms. The molecule has 0 atom stereocenters. The first kappa shape index (κ1) is 22.9. The predicted octanol–water partition coefficient (Wildman–Crippen LogP) is 1.44. The van der Waals surface area contributed by atoms with Gasteiger partial charge in [0, 0.05) is 50.8 Å². The summed E-state index contributed by atoms with van der Waals surface area (Å²) in [4.78, 5) is 14.6. The van der Waals surface area contributed by atoms with Crippen molar-refractivity contribution in [1.82, 2.24) is 33.8 Å². The van der Waals surface area contributed by atoms with Crippen molar-refractivity contribution in [3.05, 3.63) is 29.1 Å². The van der Waals surface area contributed by atoms with E-state index in [1.165, 1.54) is 0 Å². The lowest BCUT2D eigenvalue weighted by Gasteiger charge is -2.33. The Balaban J connectivity index is 1.35. The highest BCUT2D eigenvalue weighted by atomic mass is 32.2. The smallest absolute Gasteiger partial charge is 0.224 e. The van der Waals surface area contributed by atoms with Crippen molar-refractivity contribution in [2.45, 2.75) is 77.8 Å². The van der Waals surface area contributed by atoms with Gasteiger partial charge >= 0.3 is 0 Å². The topological polar surface area (TPSA) is 106 Å². The third-order valence-corrected chi connectivity index (χ3v) is 8.83. The van der Waals surface area contributed by atoms with E-state index in [4.69, 9.17) is 0 Å². The van der Waals surface area contributed by atoms with Crippen LogP contribution >= 0.6 is 0 Å². The maximum Gasteiger partial charge on any atom is 0.224 e. The number of fused-ring (bicyclic) bond motifs is 1. The minimum atomic E-state index is -3.21. The molecular weight excluding hydrogens is 430 g/mol. The van der Waals surface area contributed by atoms with Crippen LogP contribution in [0, 0.1) is 13.8 Å². The van der Waals surface area contributed by atoms with Gasteiger partial charge in [0.2, 0.25) is 15.9 Å². The Labute approximate surface area is 189 Å². The van der Waals surface area contributed by atoms with E-state index in [1.807, 2.05) is 29.5 Å². The number of hydrogen-bond donors (Lipinski definition) is 0. The number of piperidine rings is 1. The monoisotopic (exact) mass is 463 g/mol. The second-order valence-electron chi connectivity index (χ2n) is 9.11. The van der Waals surface area contributed by atoms with Gasteiger partial charge in [0.15, 0.2) is 5.82 Å². The largest absolute Gasteiger partial charge is 0.333 e. The number of carbonyl (C=O) groups excluding carboxylic acids is 1. The number of amides is 1. The quantitative estimate of drug-likeness (QED) is 0.642. The molecule has 2 aliphatic heterocycles. The van der Waals surface area contributed by atoms with Crippen LogP contribution in [0.2, 0.25) is 0 Å². The van der Waals surface area contributed by atoms with E-state index >= 15 is 0 Å². The molecule has 11 heteroatoms. The predicted molar refractivity (Wildman–Crippen MR) is 119 cm³/mol. The van der Waals surface area contributed by atoms with Crippen molar-refractivity contribution in [2.75, 3.05) is 19.6 Å². The maximum absolute atomic E-state index is 12.8. The zero-order chi connectivity index (χ0) is 23.0. The van der Waals surface area contributed by atoms with Gasteiger partial charge in [0.25, 0.3) is 0 Å². The van der Waals surface area contributed by atoms with Crippen LogP contribution in [0.3, 0.4) is 0 Å². The van der Waals surface area contributed by atoms with Gasteiger partial charge in [-0.3, -0.25) is 9.48 Å². The molecule has 1 saturated heterocycles. The summed E-state index contributed by atoms with van der Waals surface area (Å²) in [5.41, 5.74) is 2.02. The second-order valence-corrected chi connectivity index (χ2v) is 11.6. The van der Waals surface area contributed by atoms with Crippen molar-refractivity contribution in [3.63, 3.8) is 0 Å². The molecule has 2 aromatic heterocycles. The molecule has 0 aliphatic carbocycles. The molecular formula is C21H33N7O3S. The highest BCUT2D eigenvalue weighted by molar-refractivity contribution is 7.89. The Bertz CT molecular complexity index is 1080. The molecule has 0 saturated carbocycles. The van der Waals surface area contributed by atoms with Gasteiger partial charge in [0.05, 0.1) is 17.5 Å². The third kappa shape index (κ3) is 4.45. The van der Waals surface area contributed by atoms with E-state index in [0.717, 1.165) is 35.9 Å². The molecule has 0 radical (unpaired) electrons. The van der Waals surface area contributed by atoms with Gasteiger partial charge in [-0.15, -0.1) is 10.2 Å². The van der Waals surface area contributed by atoms with Gasteiger partial charge in [-0.05, 0) is 46.6 Å². The number of carbonyl (C=O) groups is 1. The Kier molecular flexibility index (Phi) is 6.39. The van der Waals surface area contributed by atoms with E-state index in [2.05, 4.69) is 19.9 Å². The molecule has 1 fully saturated rings. The SMILES string of the molecule is Cc1cc(C)n(CCC(=O)N2CCn3c(nnc3C3CCN(S(=O)(=O)C(C)C)CC3)C2)n1. The van der Waals surface area contributed by atoms with Crippen LogP contribution in [0.5, 0.6) is 0 Å². The molecule has 2 aromatic rings. The van der Waals surface area contributed by atoms with Crippen LogP contribution in [0.4, 0.5) is 0 Å². The zero-order valence-corrected chi connectivity index (χ0v) is 20.2. The molecule has 0 spiro atoms. The summed E-state index contributed by atoms with van der Waals surface area (Å²) >= 11 is 0. The standard InChI is InChI=1S/C21H33N7O3S/c1-15(2)32(30,31)26-8-5-18(6-9-26)21-23-22-19-14-25(11-12-27(19)21)20(29)7-10-28-17(4)13-16(3)24-28/h13,15,18H,5-12,14H2,1-4H3. The van der Waals surface area contributed by atoms with Crippen LogP contribution < -0.4 is 0 Å². The number of nitrogens with zero attached hydrogens (tertiary/aromatic N) is 7. The molecule has 4 heterocycles. The Morgan fingerprint density at radius 2 is 1.84 bits per heavy atom. The minimum Gasteiger partial charge on any atom is -0.333 e. The molecule has 4 rings (SSSR count). The van der Waals surface area contributed by atoms with Crippen LogP contribution in [-0.2, 0) is 34.5 Å². The zero-order valence-electron chi connectivity index (χ0n) is 19.4. The fourth-order valence-electron chi connectivity index (χ4n) is 4.62. The average Bonchev–Trinajstić information content (AvgIpc) is 3.33. The number of rotatable bonds is 6. The molecule has 0 N–H and O–H groups in total. The van der Waals surface area contributed by atoms with Crippen LogP contribution in [0.15, 0.2) is 6.07 Å². The average molecular weight is 464 g/mol. The van der Waals surface area contributed by atoms with Gasteiger partial charge in [0.1, 0.15) is 5.82 Å². The number of aryl methyl sites for hydroxylation is 3. The summed E-state index contributed by atoms with van der Waals surface area (Å²) in [5.74, 6) is 2.03. The summed E-state index contributed by atoms with van der Waals surface area (Å²) in [6, 6.07) is 2.01. The first-order valence-electron chi connectivity index (χ1n) is 11.4. The molecule has 0 bridgehead atoms. The molecule has 0 aromatic carbocycles. The Morgan fingerprint density at radius 1 is 1.12 bits per heavy atom. The number of sulfonamides is 1. The molecule has 1 amide bonds. The number of hydrogen-bond acceptors (Lipinski definition) is 6. The molecule has 0 unspecified atom stereocenters. The summed E-state index contributed by atoms with van der Waals surface area (Å²) in [6.07, 6.45) is 1.90. The van der Waals surface area contributed by atoms with Crippen LogP contribution in [0.25, 0.3) is 0 Å². The second kappa shape index (κ2) is 8.93. The van der Waals surface area contributed by atoms with Gasteiger partial charge in [-0.2, -0.15) is 5.10 Å². The molecule has 2 aliphatic rings. The van der Waals surface area contributed by atoms with Crippen LogP contribution in [0.1, 0.15) is 62.1 Å². The first-order valence-corrected chi connectivity index (χ1v) is 12.9. The van der Waals surface area contributed by atoms with E-state index in [1.54, 1.807) is 18.2 Å². The van der Waals surface area contributed by atoms with Crippen LogP contribution in [-0.4, -0.2) is 73.0 Å². The van der Waals surface area contributed by atoms with Crippen molar-refractivity contribution in [2.24, 2.45) is 0 Å². The van der Waals surface area contributed by atoms with Gasteiger partial charge in [-0.1, -0.05) is 0 Å². The third-order valence-electron chi connectivity index (χ3n) is 6.55. The van der Waals surface area contributed by atoms with Crippen molar-refractivity contribution < 1.29 is 13.2 Å². The summed E-state index contributed by atoms with van der Waals surface area (Å²) < 4.78 is 30.5. The Hall–Kier alpha value is -2.27. The van der Waals surface area contributed by atoms with Crippen molar-refractivity contribution >= 4 is 15.9 Å².